The summed E-state index contributed by atoms with van der Waals surface area (Å²) >= 11 is 0. The van der Waals surface area contributed by atoms with Crippen molar-refractivity contribution in [2.75, 3.05) is 13.7 Å². The summed E-state index contributed by atoms with van der Waals surface area (Å²) in [6.07, 6.45) is 1.60. The summed E-state index contributed by atoms with van der Waals surface area (Å²) in [6.45, 7) is 2.22. The molecule has 1 aromatic rings. The van der Waals surface area contributed by atoms with E-state index in [1.807, 2.05) is 6.92 Å². The van der Waals surface area contributed by atoms with Gasteiger partial charge in [-0.15, -0.1) is 0 Å². The molecule has 112 valence electrons. The van der Waals surface area contributed by atoms with Crippen LogP contribution in [0.25, 0.3) is 0 Å². The van der Waals surface area contributed by atoms with Gasteiger partial charge in [-0.3, -0.25) is 4.79 Å². The smallest absolute Gasteiger partial charge is 0.320 e. The van der Waals surface area contributed by atoms with Crippen LogP contribution in [0.2, 0.25) is 0 Å². The molecule has 0 saturated carbocycles. The van der Waals surface area contributed by atoms with Gasteiger partial charge in [0.05, 0.1) is 13.2 Å². The van der Waals surface area contributed by atoms with E-state index in [2.05, 4.69) is 5.32 Å². The number of nitrogens with one attached hydrogen (secondary N) is 1. The number of unbranched alkanes of at least 4 members (excludes halogenated alkanes) is 1. The van der Waals surface area contributed by atoms with Crippen LogP contribution < -0.4 is 10.1 Å². The van der Waals surface area contributed by atoms with Gasteiger partial charge in [0.1, 0.15) is 11.8 Å². The van der Waals surface area contributed by atoms with Gasteiger partial charge in [-0.2, -0.15) is 0 Å². The lowest BCUT2D eigenvalue weighted by atomic mass is 10.1. The zero-order chi connectivity index (χ0) is 15.0. The maximum atomic E-state index is 11.1. The van der Waals surface area contributed by atoms with Gasteiger partial charge in [-0.25, -0.2) is 0 Å². The van der Waals surface area contributed by atoms with Crippen molar-refractivity contribution in [2.45, 2.75) is 38.3 Å². The van der Waals surface area contributed by atoms with E-state index in [0.29, 0.717) is 17.7 Å². The fraction of sp³-hybridized carbons (Fsp3) is 0.533. The summed E-state index contributed by atoms with van der Waals surface area (Å²) < 4.78 is 5.10. The minimum Gasteiger partial charge on any atom is -0.497 e. The molecule has 5 nitrogen and oxygen atoms in total. The normalized spacial score (nSPS) is 13.8. The predicted octanol–water partition coefficient (Wildman–Crippen LogP) is 1.96. The molecule has 1 aromatic carbocycles. The number of carbonyl (C=O) groups is 1. The maximum absolute atomic E-state index is 11.1. The Kier molecular flexibility index (Phi) is 7.04. The van der Waals surface area contributed by atoms with Gasteiger partial charge in [-0.05, 0) is 24.1 Å². The van der Waals surface area contributed by atoms with E-state index in [0.717, 1.165) is 12.8 Å². The van der Waals surface area contributed by atoms with E-state index in [1.54, 1.807) is 31.4 Å². The second-order valence-corrected chi connectivity index (χ2v) is 4.73. The molecule has 1 rings (SSSR count). The molecule has 20 heavy (non-hydrogen) atoms. The monoisotopic (exact) mass is 281 g/mol. The molecule has 0 heterocycles. The molecule has 2 atom stereocenters. The van der Waals surface area contributed by atoms with Crippen molar-refractivity contribution < 1.29 is 19.7 Å². The molecule has 2 unspecified atom stereocenters. The van der Waals surface area contributed by atoms with Gasteiger partial charge in [0, 0.05) is 6.54 Å². The van der Waals surface area contributed by atoms with E-state index in [1.165, 1.54) is 0 Å². The molecule has 0 radical (unpaired) electrons. The number of carboxylic acids is 1. The number of aliphatic carboxylic acids is 1. The van der Waals surface area contributed by atoms with Gasteiger partial charge >= 0.3 is 5.97 Å². The van der Waals surface area contributed by atoms with E-state index in [-0.39, 0.29) is 6.54 Å². The number of hydrogen-bond donors (Lipinski definition) is 3. The Morgan fingerprint density at radius 2 is 2.20 bits per heavy atom. The van der Waals surface area contributed by atoms with Crippen LogP contribution in [0.3, 0.4) is 0 Å². The van der Waals surface area contributed by atoms with Crippen molar-refractivity contribution in [1.82, 2.24) is 5.32 Å². The third-order valence-corrected chi connectivity index (χ3v) is 3.18. The van der Waals surface area contributed by atoms with Crippen LogP contribution in [0.1, 0.15) is 37.9 Å². The van der Waals surface area contributed by atoms with Gasteiger partial charge in [-0.1, -0.05) is 31.9 Å². The van der Waals surface area contributed by atoms with Crippen molar-refractivity contribution in [3.05, 3.63) is 29.8 Å². The van der Waals surface area contributed by atoms with E-state index in [4.69, 9.17) is 9.84 Å². The van der Waals surface area contributed by atoms with Crippen molar-refractivity contribution in [1.29, 1.82) is 0 Å². The summed E-state index contributed by atoms with van der Waals surface area (Å²) in [6, 6.07) is 6.51. The zero-order valence-corrected chi connectivity index (χ0v) is 12.0. The van der Waals surface area contributed by atoms with Crippen LogP contribution in [0, 0.1) is 0 Å². The Morgan fingerprint density at radius 3 is 2.80 bits per heavy atom. The molecule has 0 aromatic heterocycles. The maximum Gasteiger partial charge on any atom is 0.320 e. The molecule has 0 saturated heterocycles. The topological polar surface area (TPSA) is 78.8 Å². The number of benzene rings is 1. The number of carboxylic acid groups (broad SMARTS) is 1. The standard InChI is InChI=1S/C15H23NO4/c1-3-4-8-13(15(18)19)16-10-14(17)11-6-5-7-12(9-11)20-2/h5-7,9,13-14,16-17H,3-4,8,10H2,1-2H3,(H,18,19). The average molecular weight is 281 g/mol. The van der Waals surface area contributed by atoms with Crippen LogP contribution >= 0.6 is 0 Å². The molecule has 5 heteroatoms. The summed E-state index contributed by atoms with van der Waals surface area (Å²) in [4.78, 5) is 11.1. The molecular weight excluding hydrogens is 258 g/mol. The highest BCUT2D eigenvalue weighted by molar-refractivity contribution is 5.73. The number of ether oxygens (including phenoxy) is 1. The molecule has 3 N–H and O–H groups in total. The van der Waals surface area contributed by atoms with Crippen molar-refractivity contribution >= 4 is 5.97 Å². The van der Waals surface area contributed by atoms with E-state index in [9.17, 15) is 9.90 Å². The predicted molar refractivity (Wildman–Crippen MR) is 76.9 cm³/mol. The molecule has 0 fully saturated rings. The van der Waals surface area contributed by atoms with Gasteiger partial charge in [0.2, 0.25) is 0 Å². The minimum absolute atomic E-state index is 0.202. The largest absolute Gasteiger partial charge is 0.497 e. The second-order valence-electron chi connectivity index (χ2n) is 4.73. The Hall–Kier alpha value is -1.59. The van der Waals surface area contributed by atoms with Crippen LogP contribution in [-0.4, -0.2) is 35.9 Å². The summed E-state index contributed by atoms with van der Waals surface area (Å²) in [5.74, 6) is -0.210. The summed E-state index contributed by atoms with van der Waals surface area (Å²) in [5.41, 5.74) is 0.705. The number of hydrogen-bond acceptors (Lipinski definition) is 4. The molecule has 0 aliphatic carbocycles. The Morgan fingerprint density at radius 1 is 1.45 bits per heavy atom. The lowest BCUT2D eigenvalue weighted by Crippen LogP contribution is -2.39. The van der Waals surface area contributed by atoms with Crippen LogP contribution in [0.4, 0.5) is 0 Å². The second kappa shape index (κ2) is 8.55. The lowest BCUT2D eigenvalue weighted by molar-refractivity contribution is -0.139. The number of aliphatic hydroxyl groups is 1. The molecule has 0 bridgehead atoms. The highest BCUT2D eigenvalue weighted by Gasteiger charge is 2.18. The number of rotatable bonds is 9. The van der Waals surface area contributed by atoms with Crippen LogP contribution in [0.5, 0.6) is 5.75 Å². The van der Waals surface area contributed by atoms with E-state index < -0.39 is 18.1 Å². The van der Waals surface area contributed by atoms with Gasteiger partial charge in [0.25, 0.3) is 0 Å². The first-order valence-corrected chi connectivity index (χ1v) is 6.86. The highest BCUT2D eigenvalue weighted by atomic mass is 16.5. The van der Waals surface area contributed by atoms with Gasteiger partial charge < -0.3 is 20.3 Å². The zero-order valence-electron chi connectivity index (χ0n) is 12.0. The fourth-order valence-corrected chi connectivity index (χ4v) is 1.94. The average Bonchev–Trinajstić information content (AvgIpc) is 2.46. The molecular formula is C15H23NO4. The minimum atomic E-state index is -0.878. The van der Waals surface area contributed by atoms with Crippen LogP contribution in [0.15, 0.2) is 24.3 Å². The molecule has 0 amide bonds. The first-order valence-electron chi connectivity index (χ1n) is 6.86. The Labute approximate surface area is 119 Å². The van der Waals surface area contributed by atoms with Crippen molar-refractivity contribution in [3.8, 4) is 5.75 Å². The number of aliphatic hydroxyl groups excluding tert-OH is 1. The Bertz CT molecular complexity index is 422. The first kappa shape index (κ1) is 16.5. The lowest BCUT2D eigenvalue weighted by Gasteiger charge is -2.18. The van der Waals surface area contributed by atoms with E-state index >= 15 is 0 Å². The summed E-state index contributed by atoms with van der Waals surface area (Å²) in [7, 11) is 1.56. The quantitative estimate of drug-likeness (QED) is 0.645. The fourth-order valence-electron chi connectivity index (χ4n) is 1.94. The van der Waals surface area contributed by atoms with Crippen LogP contribution in [-0.2, 0) is 4.79 Å². The SMILES string of the molecule is CCCCC(NCC(O)c1cccc(OC)c1)C(=O)O. The van der Waals surface area contributed by atoms with Crippen molar-refractivity contribution in [2.24, 2.45) is 0 Å². The third-order valence-electron chi connectivity index (χ3n) is 3.18. The molecule has 0 aliphatic heterocycles. The first-order chi connectivity index (χ1) is 9.58. The highest BCUT2D eigenvalue weighted by Crippen LogP contribution is 2.18. The van der Waals surface area contributed by atoms with Crippen molar-refractivity contribution in [3.63, 3.8) is 0 Å². The third kappa shape index (κ3) is 5.19. The molecule has 0 spiro atoms. The summed E-state index contributed by atoms with van der Waals surface area (Å²) in [5, 5.41) is 22.1. The number of methoxy groups -OCH3 is 1. The Balaban J connectivity index is 2.55. The van der Waals surface area contributed by atoms with Gasteiger partial charge in [0.15, 0.2) is 0 Å². The molecule has 0 aliphatic rings.